The molecule has 0 spiro atoms. The monoisotopic (exact) mass is 245 g/mol. The predicted molar refractivity (Wildman–Crippen MR) is 67.2 cm³/mol. The lowest BCUT2D eigenvalue weighted by molar-refractivity contribution is -0.123. The average molecular weight is 245 g/mol. The Bertz CT molecular complexity index is 458. The van der Waals surface area contributed by atoms with E-state index in [0.717, 1.165) is 5.69 Å². The Morgan fingerprint density at radius 1 is 1.50 bits per heavy atom. The molecule has 0 radical (unpaired) electrons. The van der Waals surface area contributed by atoms with E-state index in [1.54, 1.807) is 36.2 Å². The lowest BCUT2D eigenvalue weighted by Crippen LogP contribution is -2.51. The van der Waals surface area contributed by atoms with Crippen LogP contribution in [-0.2, 0) is 9.53 Å². The second-order valence-corrected chi connectivity index (χ2v) is 4.14. The highest BCUT2D eigenvalue weighted by Gasteiger charge is 2.24. The molecule has 1 heterocycles. The Hall–Kier alpha value is -1.90. The number of carbonyl (C=O) groups is 1. The van der Waals surface area contributed by atoms with Crippen LogP contribution >= 0.6 is 0 Å². The van der Waals surface area contributed by atoms with Crippen LogP contribution in [0.2, 0.25) is 0 Å². The zero-order valence-electron chi connectivity index (χ0n) is 10.2. The van der Waals surface area contributed by atoms with Crippen molar-refractivity contribution >= 4 is 11.6 Å². The second-order valence-electron chi connectivity index (χ2n) is 4.14. The van der Waals surface area contributed by atoms with Crippen molar-refractivity contribution in [3.63, 3.8) is 0 Å². The Morgan fingerprint density at radius 3 is 2.78 bits per heavy atom. The summed E-state index contributed by atoms with van der Waals surface area (Å²) < 4.78 is 5.27. The number of carbonyl (C=O) groups excluding carboxylic acids is 1. The highest BCUT2D eigenvalue weighted by Crippen LogP contribution is 2.14. The molecular weight excluding hydrogens is 230 g/mol. The first-order valence-corrected chi connectivity index (χ1v) is 5.81. The quantitative estimate of drug-likeness (QED) is 0.824. The molecule has 1 saturated heterocycles. The number of morpholine rings is 1. The van der Waals surface area contributed by atoms with Gasteiger partial charge in [-0.25, -0.2) is 0 Å². The predicted octanol–water partition coefficient (Wildman–Crippen LogP) is 0.509. The molecule has 1 atom stereocenters. The lowest BCUT2D eigenvalue weighted by atomic mass is 10.2. The molecule has 0 bridgehead atoms. The molecule has 1 aliphatic rings. The van der Waals surface area contributed by atoms with E-state index in [1.807, 2.05) is 6.07 Å². The summed E-state index contributed by atoms with van der Waals surface area (Å²) in [5, 5.41) is 11.8. The summed E-state index contributed by atoms with van der Waals surface area (Å²) in [6.07, 6.45) is 0. The number of nitrogens with zero attached hydrogens (tertiary/aromatic N) is 2. The van der Waals surface area contributed by atoms with E-state index in [1.165, 1.54) is 0 Å². The second kappa shape index (κ2) is 5.63. The number of likely N-dealkylation sites (N-methyl/N-ethyl adjacent to an activating group) is 1. The van der Waals surface area contributed by atoms with E-state index in [0.29, 0.717) is 25.3 Å². The molecule has 0 aromatic heterocycles. The van der Waals surface area contributed by atoms with Gasteiger partial charge < -0.3 is 15.0 Å². The zero-order chi connectivity index (χ0) is 13.0. The Kier molecular flexibility index (Phi) is 3.92. The van der Waals surface area contributed by atoms with Crippen molar-refractivity contribution in [1.82, 2.24) is 5.32 Å². The molecule has 1 amide bonds. The Balaban J connectivity index is 2.07. The molecule has 0 aliphatic carbocycles. The van der Waals surface area contributed by atoms with Crippen LogP contribution in [0.1, 0.15) is 5.56 Å². The van der Waals surface area contributed by atoms with Gasteiger partial charge in [-0.1, -0.05) is 0 Å². The van der Waals surface area contributed by atoms with Crippen molar-refractivity contribution in [2.75, 3.05) is 31.7 Å². The number of hydrogen-bond donors (Lipinski definition) is 1. The van der Waals surface area contributed by atoms with Gasteiger partial charge in [-0.05, 0) is 24.3 Å². The summed E-state index contributed by atoms with van der Waals surface area (Å²) >= 11 is 0. The first-order chi connectivity index (χ1) is 8.72. The summed E-state index contributed by atoms with van der Waals surface area (Å²) in [5.41, 5.74) is 1.35. The Morgan fingerprint density at radius 2 is 2.22 bits per heavy atom. The van der Waals surface area contributed by atoms with Crippen LogP contribution in [0.25, 0.3) is 0 Å². The van der Waals surface area contributed by atoms with Gasteiger partial charge in [-0.15, -0.1) is 0 Å². The molecule has 0 saturated carbocycles. The molecule has 1 fully saturated rings. The number of anilines is 1. The first-order valence-electron chi connectivity index (χ1n) is 5.81. The number of hydrogen-bond acceptors (Lipinski definition) is 4. The van der Waals surface area contributed by atoms with Crippen molar-refractivity contribution in [3.8, 4) is 6.07 Å². The third kappa shape index (κ3) is 2.67. The maximum absolute atomic E-state index is 12.2. The van der Waals surface area contributed by atoms with Crippen LogP contribution in [-0.4, -0.2) is 38.8 Å². The fourth-order valence-corrected chi connectivity index (χ4v) is 1.84. The van der Waals surface area contributed by atoms with Gasteiger partial charge in [0.1, 0.15) is 6.04 Å². The number of amides is 1. The standard InChI is InChI=1S/C13H15N3O2/c1-16(11-4-2-10(8-14)3-5-11)13(17)12-9-18-7-6-15-12/h2-5,12,15H,6-7,9H2,1H3. The number of nitriles is 1. The summed E-state index contributed by atoms with van der Waals surface area (Å²) in [5.74, 6) is -0.0283. The number of rotatable bonds is 2. The fourth-order valence-electron chi connectivity index (χ4n) is 1.84. The van der Waals surface area contributed by atoms with E-state index in [9.17, 15) is 4.79 Å². The van der Waals surface area contributed by atoms with Crippen molar-refractivity contribution in [3.05, 3.63) is 29.8 Å². The summed E-state index contributed by atoms with van der Waals surface area (Å²) in [7, 11) is 1.72. The number of ether oxygens (including phenoxy) is 1. The molecule has 1 aromatic rings. The van der Waals surface area contributed by atoms with Crippen LogP contribution in [0.5, 0.6) is 0 Å². The summed E-state index contributed by atoms with van der Waals surface area (Å²) in [4.78, 5) is 13.7. The molecular formula is C13H15N3O2. The minimum atomic E-state index is -0.292. The lowest BCUT2D eigenvalue weighted by Gasteiger charge is -2.27. The maximum atomic E-state index is 12.2. The van der Waals surface area contributed by atoms with E-state index in [2.05, 4.69) is 5.32 Å². The van der Waals surface area contributed by atoms with E-state index in [4.69, 9.17) is 10.00 Å². The van der Waals surface area contributed by atoms with Gasteiger partial charge in [0.05, 0.1) is 24.8 Å². The fraction of sp³-hybridized carbons (Fsp3) is 0.385. The smallest absolute Gasteiger partial charge is 0.246 e. The van der Waals surface area contributed by atoms with Gasteiger partial charge in [0.25, 0.3) is 0 Å². The topological polar surface area (TPSA) is 65.4 Å². The first kappa shape index (κ1) is 12.6. The van der Waals surface area contributed by atoms with Gasteiger partial charge in [0, 0.05) is 19.3 Å². The summed E-state index contributed by atoms with van der Waals surface area (Å²) in [6.45, 7) is 1.74. The largest absolute Gasteiger partial charge is 0.378 e. The van der Waals surface area contributed by atoms with Gasteiger partial charge in [-0.3, -0.25) is 4.79 Å². The molecule has 5 nitrogen and oxygen atoms in total. The van der Waals surface area contributed by atoms with E-state index in [-0.39, 0.29) is 11.9 Å². The van der Waals surface area contributed by atoms with E-state index < -0.39 is 0 Å². The molecule has 1 N–H and O–H groups in total. The molecule has 2 rings (SSSR count). The SMILES string of the molecule is CN(C(=O)C1COCCN1)c1ccc(C#N)cc1. The van der Waals surface area contributed by atoms with Crippen molar-refractivity contribution in [2.45, 2.75) is 6.04 Å². The minimum absolute atomic E-state index is 0.0283. The van der Waals surface area contributed by atoms with Crippen molar-refractivity contribution < 1.29 is 9.53 Å². The van der Waals surface area contributed by atoms with Gasteiger partial charge in [0.15, 0.2) is 0 Å². The highest BCUT2D eigenvalue weighted by atomic mass is 16.5. The van der Waals surface area contributed by atoms with Crippen LogP contribution in [0.15, 0.2) is 24.3 Å². The molecule has 1 aliphatic heterocycles. The van der Waals surface area contributed by atoms with Crippen molar-refractivity contribution in [2.24, 2.45) is 0 Å². The van der Waals surface area contributed by atoms with Gasteiger partial charge in [0.2, 0.25) is 5.91 Å². The third-order valence-electron chi connectivity index (χ3n) is 2.93. The molecule has 18 heavy (non-hydrogen) atoms. The van der Waals surface area contributed by atoms with E-state index >= 15 is 0 Å². The third-order valence-corrected chi connectivity index (χ3v) is 2.93. The van der Waals surface area contributed by atoms with Crippen LogP contribution in [0.3, 0.4) is 0 Å². The van der Waals surface area contributed by atoms with Gasteiger partial charge in [-0.2, -0.15) is 5.26 Å². The minimum Gasteiger partial charge on any atom is -0.378 e. The maximum Gasteiger partial charge on any atom is 0.246 e. The normalized spacial score (nSPS) is 19.0. The van der Waals surface area contributed by atoms with Crippen LogP contribution < -0.4 is 10.2 Å². The number of nitrogens with one attached hydrogen (secondary N) is 1. The molecule has 5 heteroatoms. The molecule has 1 aromatic carbocycles. The average Bonchev–Trinajstić information content (AvgIpc) is 2.47. The summed E-state index contributed by atoms with van der Waals surface area (Å²) in [6, 6.07) is 8.68. The zero-order valence-corrected chi connectivity index (χ0v) is 10.2. The Labute approximate surface area is 106 Å². The highest BCUT2D eigenvalue weighted by molar-refractivity contribution is 5.96. The van der Waals surface area contributed by atoms with Crippen LogP contribution in [0, 0.1) is 11.3 Å². The molecule has 94 valence electrons. The number of benzene rings is 1. The van der Waals surface area contributed by atoms with Crippen LogP contribution in [0.4, 0.5) is 5.69 Å². The molecule has 1 unspecified atom stereocenters. The van der Waals surface area contributed by atoms with Gasteiger partial charge >= 0.3 is 0 Å². The van der Waals surface area contributed by atoms with Crippen molar-refractivity contribution in [1.29, 1.82) is 5.26 Å².